The van der Waals surface area contributed by atoms with E-state index in [0.717, 1.165) is 31.4 Å². The minimum Gasteiger partial charge on any atom is -0.467 e. The van der Waals surface area contributed by atoms with Crippen LogP contribution in [-0.2, 0) is 20.5 Å². The summed E-state index contributed by atoms with van der Waals surface area (Å²) in [6.07, 6.45) is -6.19. The van der Waals surface area contributed by atoms with Gasteiger partial charge in [-0.2, -0.15) is 13.2 Å². The number of benzene rings is 1. The molecule has 0 aliphatic rings. The predicted octanol–water partition coefficient (Wildman–Crippen LogP) is 2.05. The van der Waals surface area contributed by atoms with Crippen molar-refractivity contribution in [3.63, 3.8) is 0 Å². The largest absolute Gasteiger partial charge is 0.467 e. The van der Waals surface area contributed by atoms with Crippen LogP contribution < -0.4 is 5.32 Å². The number of methoxy groups -OCH3 is 1. The van der Waals surface area contributed by atoms with E-state index in [1.807, 2.05) is 0 Å². The van der Waals surface area contributed by atoms with Gasteiger partial charge in [0, 0.05) is 0 Å². The van der Waals surface area contributed by atoms with E-state index in [0.29, 0.717) is 0 Å². The molecule has 0 fully saturated rings. The highest BCUT2D eigenvalue weighted by atomic mass is 19.4. The summed E-state index contributed by atoms with van der Waals surface area (Å²) in [4.78, 5) is 23.5. The van der Waals surface area contributed by atoms with Gasteiger partial charge in [0.05, 0.1) is 12.7 Å². The average Bonchev–Trinajstić information content (AvgIpc) is 2.49. The molecule has 2 N–H and O–H groups in total. The molecule has 23 heavy (non-hydrogen) atoms. The Hall–Kier alpha value is -2.09. The molecule has 2 atom stereocenters. The lowest BCUT2D eigenvalue weighted by atomic mass is 10.0. The second-order valence-electron chi connectivity index (χ2n) is 5.28. The minimum absolute atomic E-state index is 0.0112. The number of carbonyl (C=O) groups is 2. The lowest BCUT2D eigenvalue weighted by molar-refractivity contribution is -0.147. The van der Waals surface area contributed by atoms with Gasteiger partial charge in [-0.25, -0.2) is 4.79 Å². The zero-order chi connectivity index (χ0) is 17.8. The molecule has 0 aliphatic heterocycles. The van der Waals surface area contributed by atoms with Crippen molar-refractivity contribution in [1.29, 1.82) is 0 Å². The van der Waals surface area contributed by atoms with Crippen LogP contribution in [0.3, 0.4) is 0 Å². The van der Waals surface area contributed by atoms with Crippen molar-refractivity contribution in [2.75, 3.05) is 7.11 Å². The molecule has 0 heterocycles. The van der Waals surface area contributed by atoms with Crippen LogP contribution in [0.4, 0.5) is 13.2 Å². The number of alkyl halides is 3. The van der Waals surface area contributed by atoms with Crippen LogP contribution in [0.15, 0.2) is 24.3 Å². The highest BCUT2D eigenvalue weighted by Crippen LogP contribution is 2.30. The van der Waals surface area contributed by atoms with Crippen LogP contribution in [0.1, 0.15) is 31.1 Å². The first-order valence-corrected chi connectivity index (χ1v) is 6.81. The third-order valence-corrected chi connectivity index (χ3v) is 3.22. The summed E-state index contributed by atoms with van der Waals surface area (Å²) < 4.78 is 42.0. The lowest BCUT2D eigenvalue weighted by Gasteiger charge is -2.21. The average molecular weight is 333 g/mol. The maximum Gasteiger partial charge on any atom is 0.416 e. The molecule has 0 saturated carbocycles. The van der Waals surface area contributed by atoms with E-state index in [2.05, 4.69) is 10.1 Å². The normalized spacial score (nSPS) is 14.3. The standard InChI is InChI=1S/C15H18F3NO4/c1-8(2)11(14(22)23-3)19-13(21)12(20)9-4-6-10(7-5-9)15(16,17)18/h4-8,11-12,20H,1-3H3,(H,19,21)/t11-,12+/m0/s1. The van der Waals surface area contributed by atoms with E-state index in [1.54, 1.807) is 13.8 Å². The molecule has 0 aliphatic carbocycles. The number of aliphatic hydroxyl groups excluding tert-OH is 1. The van der Waals surface area contributed by atoms with Crippen molar-refractivity contribution < 1.29 is 32.6 Å². The maximum absolute atomic E-state index is 12.5. The van der Waals surface area contributed by atoms with Crippen LogP contribution in [0.5, 0.6) is 0 Å². The van der Waals surface area contributed by atoms with Crippen molar-refractivity contribution in [1.82, 2.24) is 5.32 Å². The van der Waals surface area contributed by atoms with Gasteiger partial charge >= 0.3 is 12.1 Å². The minimum atomic E-state index is -4.50. The summed E-state index contributed by atoms with van der Waals surface area (Å²) in [5.41, 5.74) is -0.897. The number of halogens is 3. The van der Waals surface area contributed by atoms with E-state index in [9.17, 15) is 27.9 Å². The molecule has 128 valence electrons. The first-order valence-electron chi connectivity index (χ1n) is 6.81. The number of nitrogens with one attached hydrogen (secondary N) is 1. The van der Waals surface area contributed by atoms with Crippen LogP contribution in [0.25, 0.3) is 0 Å². The predicted molar refractivity (Wildman–Crippen MR) is 75.2 cm³/mol. The van der Waals surface area contributed by atoms with Crippen molar-refractivity contribution in [2.45, 2.75) is 32.2 Å². The lowest BCUT2D eigenvalue weighted by Crippen LogP contribution is -2.46. The van der Waals surface area contributed by atoms with Crippen molar-refractivity contribution in [3.05, 3.63) is 35.4 Å². The molecule has 5 nitrogen and oxygen atoms in total. The Kier molecular flexibility index (Phi) is 6.14. The topological polar surface area (TPSA) is 75.6 Å². The molecule has 8 heteroatoms. The first kappa shape index (κ1) is 19.0. The van der Waals surface area contributed by atoms with E-state index < -0.39 is 35.8 Å². The molecule has 0 aromatic heterocycles. The number of amides is 1. The van der Waals surface area contributed by atoms with Gasteiger partial charge in [-0.3, -0.25) is 4.79 Å². The summed E-state index contributed by atoms with van der Waals surface area (Å²) in [5.74, 6) is -1.85. The highest BCUT2D eigenvalue weighted by Gasteiger charge is 2.31. The van der Waals surface area contributed by atoms with Crippen molar-refractivity contribution >= 4 is 11.9 Å². The molecule has 0 unspecified atom stereocenters. The van der Waals surface area contributed by atoms with Gasteiger partial charge in [0.1, 0.15) is 6.04 Å². The van der Waals surface area contributed by atoms with Gasteiger partial charge in [-0.15, -0.1) is 0 Å². The Balaban J connectivity index is 2.85. The zero-order valence-corrected chi connectivity index (χ0v) is 12.8. The van der Waals surface area contributed by atoms with E-state index >= 15 is 0 Å². The van der Waals surface area contributed by atoms with Crippen LogP contribution >= 0.6 is 0 Å². The summed E-state index contributed by atoms with van der Waals surface area (Å²) in [5, 5.41) is 12.2. The SMILES string of the molecule is COC(=O)[C@@H](NC(=O)[C@H](O)c1ccc(C(F)(F)F)cc1)C(C)C. The fourth-order valence-electron chi connectivity index (χ4n) is 1.86. The molecular weight excluding hydrogens is 315 g/mol. The van der Waals surface area contributed by atoms with Gasteiger partial charge in [0.2, 0.25) is 0 Å². The van der Waals surface area contributed by atoms with E-state index in [4.69, 9.17) is 0 Å². The fraction of sp³-hybridized carbons (Fsp3) is 0.467. The Morgan fingerprint density at radius 2 is 1.70 bits per heavy atom. The van der Waals surface area contributed by atoms with Crippen molar-refractivity contribution in [2.24, 2.45) is 5.92 Å². The van der Waals surface area contributed by atoms with Gasteiger partial charge < -0.3 is 15.2 Å². The molecule has 1 rings (SSSR count). The van der Waals surface area contributed by atoms with Crippen LogP contribution in [-0.4, -0.2) is 30.1 Å². The van der Waals surface area contributed by atoms with Gasteiger partial charge in [0.15, 0.2) is 6.10 Å². The Morgan fingerprint density at radius 1 is 1.17 bits per heavy atom. The summed E-state index contributed by atoms with van der Waals surface area (Å²) >= 11 is 0. The van der Waals surface area contributed by atoms with Crippen LogP contribution in [0, 0.1) is 5.92 Å². The number of carbonyl (C=O) groups excluding carboxylic acids is 2. The van der Waals surface area contributed by atoms with Crippen molar-refractivity contribution in [3.8, 4) is 0 Å². The number of aliphatic hydroxyl groups is 1. The second-order valence-corrected chi connectivity index (χ2v) is 5.28. The number of rotatable bonds is 5. The summed E-state index contributed by atoms with van der Waals surface area (Å²) in [7, 11) is 1.16. The molecule has 1 amide bonds. The second kappa shape index (κ2) is 7.45. The molecule has 1 aromatic rings. The number of hydrogen-bond donors (Lipinski definition) is 2. The van der Waals surface area contributed by atoms with E-state index in [-0.39, 0.29) is 11.5 Å². The molecule has 1 aromatic carbocycles. The fourth-order valence-corrected chi connectivity index (χ4v) is 1.86. The molecule has 0 spiro atoms. The molecule has 0 bridgehead atoms. The smallest absolute Gasteiger partial charge is 0.416 e. The molecule has 0 radical (unpaired) electrons. The monoisotopic (exact) mass is 333 g/mol. The summed E-state index contributed by atoms with van der Waals surface area (Å²) in [6.45, 7) is 3.35. The quantitative estimate of drug-likeness (QED) is 0.809. The Labute approximate surface area is 131 Å². The number of hydrogen-bond acceptors (Lipinski definition) is 4. The van der Waals surface area contributed by atoms with Gasteiger partial charge in [-0.05, 0) is 23.6 Å². The third kappa shape index (κ3) is 4.95. The third-order valence-electron chi connectivity index (χ3n) is 3.22. The zero-order valence-electron chi connectivity index (χ0n) is 12.8. The van der Waals surface area contributed by atoms with Crippen LogP contribution in [0.2, 0.25) is 0 Å². The summed E-state index contributed by atoms with van der Waals surface area (Å²) in [6, 6.07) is 2.60. The Bertz CT molecular complexity index is 555. The highest BCUT2D eigenvalue weighted by molar-refractivity contribution is 5.87. The first-order chi connectivity index (χ1) is 10.6. The van der Waals surface area contributed by atoms with Gasteiger partial charge in [0.25, 0.3) is 5.91 Å². The van der Waals surface area contributed by atoms with Gasteiger partial charge in [-0.1, -0.05) is 26.0 Å². The maximum atomic E-state index is 12.5. The molecule has 0 saturated heterocycles. The molecular formula is C15H18F3NO4. The number of ether oxygens (including phenoxy) is 1. The Morgan fingerprint density at radius 3 is 2.09 bits per heavy atom. The number of esters is 1. The van der Waals surface area contributed by atoms with E-state index in [1.165, 1.54) is 0 Å².